The first-order valence-corrected chi connectivity index (χ1v) is 5.54. The molecule has 0 unspecified atom stereocenters. The zero-order valence-corrected chi connectivity index (χ0v) is 9.68. The topological polar surface area (TPSA) is 64.9 Å². The highest BCUT2D eigenvalue weighted by Gasteiger charge is 2.01. The third kappa shape index (κ3) is 10.8. The minimum Gasteiger partial charge on any atom is -0.354 e. The van der Waals surface area contributed by atoms with E-state index in [-0.39, 0.29) is 11.9 Å². The number of amides is 1. The van der Waals surface area contributed by atoms with Crippen LogP contribution in [0.15, 0.2) is 0 Å². The van der Waals surface area contributed by atoms with Gasteiger partial charge in [0.15, 0.2) is 0 Å². The summed E-state index contributed by atoms with van der Waals surface area (Å²) in [5.41, 5.74) is 0. The molecule has 4 nitrogen and oxygen atoms in total. The molecule has 0 saturated carbocycles. The average Bonchev–Trinajstić information content (AvgIpc) is 2.15. The Morgan fingerprint density at radius 3 is 2.67 bits per heavy atom. The van der Waals surface area contributed by atoms with Gasteiger partial charge in [-0.05, 0) is 33.2 Å². The molecular weight excluding hydrogens is 190 g/mol. The number of nitriles is 1. The normalized spacial score (nSPS) is 10.0. The first kappa shape index (κ1) is 13.9. The van der Waals surface area contributed by atoms with Crippen molar-refractivity contribution >= 4 is 5.91 Å². The molecule has 0 atom stereocenters. The number of carbonyl (C=O) groups is 1. The monoisotopic (exact) mass is 211 g/mol. The van der Waals surface area contributed by atoms with E-state index in [9.17, 15) is 4.79 Å². The van der Waals surface area contributed by atoms with Gasteiger partial charge in [0, 0.05) is 25.4 Å². The van der Waals surface area contributed by atoms with E-state index >= 15 is 0 Å². The molecule has 0 aliphatic carbocycles. The molecule has 1 amide bonds. The summed E-state index contributed by atoms with van der Waals surface area (Å²) in [5, 5.41) is 14.3. The number of rotatable bonds is 8. The minimum absolute atomic E-state index is 0.0922. The van der Waals surface area contributed by atoms with E-state index in [1.54, 1.807) is 0 Å². The third-order valence-electron chi connectivity index (χ3n) is 1.87. The molecular formula is C11H21N3O. The van der Waals surface area contributed by atoms with Crippen molar-refractivity contribution in [2.24, 2.45) is 0 Å². The molecule has 0 heterocycles. The van der Waals surface area contributed by atoms with Crippen molar-refractivity contribution < 1.29 is 4.79 Å². The summed E-state index contributed by atoms with van der Waals surface area (Å²) in [7, 11) is 0. The number of nitrogens with zero attached hydrogens (tertiary/aromatic N) is 1. The van der Waals surface area contributed by atoms with E-state index in [0.29, 0.717) is 19.4 Å². The number of hydrogen-bond acceptors (Lipinski definition) is 3. The Morgan fingerprint density at radius 1 is 1.33 bits per heavy atom. The summed E-state index contributed by atoms with van der Waals surface area (Å²) in [5.74, 6) is 0.0922. The van der Waals surface area contributed by atoms with E-state index in [2.05, 4.69) is 16.7 Å². The van der Waals surface area contributed by atoms with Crippen LogP contribution in [0, 0.1) is 11.3 Å². The highest BCUT2D eigenvalue weighted by molar-refractivity contribution is 5.76. The molecule has 4 heteroatoms. The van der Waals surface area contributed by atoms with E-state index in [4.69, 9.17) is 5.26 Å². The molecule has 0 saturated heterocycles. The number of unbranched alkanes of at least 4 members (excludes halogenated alkanes) is 2. The highest BCUT2D eigenvalue weighted by atomic mass is 16.1. The van der Waals surface area contributed by atoms with Gasteiger partial charge in [-0.15, -0.1) is 0 Å². The maximum atomic E-state index is 11.2. The van der Waals surface area contributed by atoms with Crippen LogP contribution in [-0.2, 0) is 4.79 Å². The lowest BCUT2D eigenvalue weighted by Gasteiger charge is -2.08. The highest BCUT2D eigenvalue weighted by Crippen LogP contribution is 1.91. The fraction of sp³-hybridized carbons (Fsp3) is 0.818. The van der Waals surface area contributed by atoms with Crippen molar-refractivity contribution in [3.63, 3.8) is 0 Å². The minimum atomic E-state index is 0.0922. The molecule has 0 aromatic carbocycles. The molecule has 0 rings (SSSR count). The average molecular weight is 211 g/mol. The lowest BCUT2D eigenvalue weighted by atomic mass is 10.2. The maximum Gasteiger partial charge on any atom is 0.221 e. The van der Waals surface area contributed by atoms with Crippen molar-refractivity contribution in [3.05, 3.63) is 0 Å². The number of carbonyl (C=O) groups excluding carboxylic acids is 1. The molecule has 0 aromatic heterocycles. The summed E-state index contributed by atoms with van der Waals surface area (Å²) >= 11 is 0. The Bertz CT molecular complexity index is 208. The largest absolute Gasteiger partial charge is 0.354 e. The molecule has 0 spiro atoms. The molecule has 0 aliphatic heterocycles. The lowest BCUT2D eigenvalue weighted by Crippen LogP contribution is -2.32. The van der Waals surface area contributed by atoms with Gasteiger partial charge in [-0.2, -0.15) is 5.26 Å². The van der Waals surface area contributed by atoms with Crippen LogP contribution in [0.25, 0.3) is 0 Å². The van der Waals surface area contributed by atoms with E-state index < -0.39 is 0 Å². The first-order valence-electron chi connectivity index (χ1n) is 5.54. The van der Waals surface area contributed by atoms with Crippen LogP contribution < -0.4 is 10.6 Å². The third-order valence-corrected chi connectivity index (χ3v) is 1.87. The summed E-state index contributed by atoms with van der Waals surface area (Å²) in [6, 6.07) is 2.32. The van der Waals surface area contributed by atoms with Gasteiger partial charge in [0.25, 0.3) is 0 Å². The van der Waals surface area contributed by atoms with Crippen LogP contribution in [0.5, 0.6) is 0 Å². The van der Waals surface area contributed by atoms with Crippen molar-refractivity contribution in [2.45, 2.75) is 45.6 Å². The Kier molecular flexibility index (Phi) is 8.79. The second kappa shape index (κ2) is 9.47. The van der Waals surface area contributed by atoms with Crippen molar-refractivity contribution in [1.29, 1.82) is 5.26 Å². The number of hydrogen-bond donors (Lipinski definition) is 2. The molecule has 0 aromatic rings. The Balaban J connectivity index is 3.17. The molecule has 86 valence electrons. The molecule has 0 bridgehead atoms. The van der Waals surface area contributed by atoms with E-state index in [1.807, 2.05) is 13.8 Å². The van der Waals surface area contributed by atoms with Gasteiger partial charge < -0.3 is 10.6 Å². The molecule has 15 heavy (non-hydrogen) atoms. The molecule has 2 N–H and O–H groups in total. The van der Waals surface area contributed by atoms with Crippen molar-refractivity contribution in [1.82, 2.24) is 10.6 Å². The van der Waals surface area contributed by atoms with E-state index in [0.717, 1.165) is 19.4 Å². The predicted molar refractivity (Wildman–Crippen MR) is 60.2 cm³/mol. The van der Waals surface area contributed by atoms with Crippen LogP contribution >= 0.6 is 0 Å². The fourth-order valence-electron chi connectivity index (χ4n) is 1.18. The zero-order chi connectivity index (χ0) is 11.5. The van der Waals surface area contributed by atoms with Crippen LogP contribution in [0.1, 0.15) is 39.5 Å². The van der Waals surface area contributed by atoms with Gasteiger partial charge in [0.2, 0.25) is 5.91 Å². The zero-order valence-electron chi connectivity index (χ0n) is 9.68. The first-order chi connectivity index (χ1) is 7.16. The Hall–Kier alpha value is -1.08. The molecule has 0 radical (unpaired) electrons. The quantitative estimate of drug-likeness (QED) is 0.593. The fourth-order valence-corrected chi connectivity index (χ4v) is 1.18. The predicted octanol–water partition coefficient (Wildman–Crippen LogP) is 1.18. The molecule has 0 fully saturated rings. The van der Waals surface area contributed by atoms with Gasteiger partial charge >= 0.3 is 0 Å². The summed E-state index contributed by atoms with van der Waals surface area (Å²) in [6.45, 7) is 5.50. The van der Waals surface area contributed by atoms with Crippen LogP contribution in [0.3, 0.4) is 0 Å². The SMILES string of the molecule is CC(C)NC(=O)CCNCCCCC#N. The summed E-state index contributed by atoms with van der Waals surface area (Å²) < 4.78 is 0. The van der Waals surface area contributed by atoms with Gasteiger partial charge in [0.1, 0.15) is 0 Å². The van der Waals surface area contributed by atoms with Gasteiger partial charge in [-0.25, -0.2) is 0 Å². The second-order valence-corrected chi connectivity index (χ2v) is 3.84. The van der Waals surface area contributed by atoms with E-state index in [1.165, 1.54) is 0 Å². The lowest BCUT2D eigenvalue weighted by molar-refractivity contribution is -0.121. The van der Waals surface area contributed by atoms with Gasteiger partial charge in [0.05, 0.1) is 6.07 Å². The van der Waals surface area contributed by atoms with Crippen LogP contribution in [-0.4, -0.2) is 25.0 Å². The van der Waals surface area contributed by atoms with Crippen LogP contribution in [0.4, 0.5) is 0 Å². The van der Waals surface area contributed by atoms with Gasteiger partial charge in [-0.3, -0.25) is 4.79 Å². The smallest absolute Gasteiger partial charge is 0.221 e. The Morgan fingerprint density at radius 2 is 2.07 bits per heavy atom. The summed E-state index contributed by atoms with van der Waals surface area (Å²) in [6.07, 6.45) is 3.08. The summed E-state index contributed by atoms with van der Waals surface area (Å²) in [4.78, 5) is 11.2. The standard InChI is InChI=1S/C11H21N3O/c1-10(2)14-11(15)6-9-13-8-5-3-4-7-12/h10,13H,3-6,8-9H2,1-2H3,(H,14,15). The second-order valence-electron chi connectivity index (χ2n) is 3.84. The number of nitrogens with one attached hydrogen (secondary N) is 2. The Labute approximate surface area is 92.0 Å². The molecule has 0 aliphatic rings. The van der Waals surface area contributed by atoms with Gasteiger partial charge in [-0.1, -0.05) is 0 Å². The van der Waals surface area contributed by atoms with Crippen molar-refractivity contribution in [3.8, 4) is 6.07 Å². The van der Waals surface area contributed by atoms with Crippen LogP contribution in [0.2, 0.25) is 0 Å². The maximum absolute atomic E-state index is 11.2. The van der Waals surface area contributed by atoms with Crippen molar-refractivity contribution in [2.75, 3.05) is 13.1 Å².